The van der Waals surface area contributed by atoms with Gasteiger partial charge < -0.3 is 19.7 Å². The van der Waals surface area contributed by atoms with E-state index in [9.17, 15) is 9.90 Å². The van der Waals surface area contributed by atoms with Crippen molar-refractivity contribution in [2.75, 3.05) is 26.2 Å². The topological polar surface area (TPSA) is 65.7 Å². The highest BCUT2D eigenvalue weighted by atomic mass is 16.3. The molecule has 1 aromatic heterocycles. The van der Waals surface area contributed by atoms with Crippen LogP contribution in [0.3, 0.4) is 0 Å². The summed E-state index contributed by atoms with van der Waals surface area (Å²) in [6.45, 7) is 5.17. The third-order valence-electron chi connectivity index (χ3n) is 5.69. The summed E-state index contributed by atoms with van der Waals surface area (Å²) in [5.74, 6) is 0.113. The molecule has 0 spiro atoms. The number of hydrogen-bond donors (Lipinski definition) is 2. The number of amides is 1. The van der Waals surface area contributed by atoms with Crippen molar-refractivity contribution in [1.82, 2.24) is 10.2 Å². The molecule has 2 N–H and O–H groups in total. The van der Waals surface area contributed by atoms with E-state index in [0.717, 1.165) is 43.3 Å². The van der Waals surface area contributed by atoms with Gasteiger partial charge in [0.15, 0.2) is 0 Å². The summed E-state index contributed by atoms with van der Waals surface area (Å²) in [4.78, 5) is 14.9. The molecule has 1 atom stereocenters. The van der Waals surface area contributed by atoms with E-state index >= 15 is 0 Å². The average Bonchev–Trinajstić information content (AvgIpc) is 3.03. The Balaban J connectivity index is 1.50. The number of fused-ring (bicyclic) bond motifs is 4. The van der Waals surface area contributed by atoms with Gasteiger partial charge in [-0.2, -0.15) is 0 Å². The lowest BCUT2D eigenvalue weighted by atomic mass is 9.75. The van der Waals surface area contributed by atoms with Crippen molar-refractivity contribution in [2.24, 2.45) is 5.92 Å². The van der Waals surface area contributed by atoms with Gasteiger partial charge in [-0.15, -0.1) is 0 Å². The average molecular weight is 328 g/mol. The largest absolute Gasteiger partial charge is 0.463 e. The predicted molar refractivity (Wildman–Crippen MR) is 92.0 cm³/mol. The van der Waals surface area contributed by atoms with Crippen LogP contribution in [0.1, 0.15) is 35.7 Å². The number of piperidine rings is 3. The predicted octanol–water partition coefficient (Wildman–Crippen LogP) is 2.18. The monoisotopic (exact) mass is 328 g/mol. The van der Waals surface area contributed by atoms with Gasteiger partial charge in [0.1, 0.15) is 11.8 Å². The second-order valence-electron chi connectivity index (χ2n) is 7.17. The molecule has 3 fully saturated rings. The Labute approximate surface area is 141 Å². The molecule has 5 heteroatoms. The van der Waals surface area contributed by atoms with Crippen LogP contribution in [0.25, 0.3) is 11.0 Å². The van der Waals surface area contributed by atoms with Crippen LogP contribution in [0.15, 0.2) is 28.9 Å². The van der Waals surface area contributed by atoms with Gasteiger partial charge in [0.2, 0.25) is 0 Å². The fraction of sp³-hybridized carbons (Fsp3) is 0.526. The Bertz CT molecular complexity index is 761. The van der Waals surface area contributed by atoms with E-state index < -0.39 is 5.60 Å². The number of carbonyl (C=O) groups excluding carboxylic acids is 1. The smallest absolute Gasteiger partial charge is 0.255 e. The van der Waals surface area contributed by atoms with Crippen molar-refractivity contribution in [3.8, 4) is 0 Å². The highest BCUT2D eigenvalue weighted by Gasteiger charge is 2.45. The van der Waals surface area contributed by atoms with Crippen LogP contribution in [-0.4, -0.2) is 47.7 Å². The molecule has 3 aliphatic rings. The molecule has 2 aromatic rings. The van der Waals surface area contributed by atoms with Gasteiger partial charge in [-0.3, -0.25) is 4.79 Å². The first-order chi connectivity index (χ1) is 11.6. The standard InChI is InChI=1S/C19H24N2O3/c1-2-13-3-4-17-15(9-13)16(10-24-17)18(22)20-11-19(23)12-21-7-5-14(19)6-8-21/h3-4,9-10,14,23H,2,5-8,11-12H2,1H3,(H,20,22)/t19-/m1/s1. The zero-order chi connectivity index (χ0) is 16.7. The molecule has 128 valence electrons. The zero-order valence-corrected chi connectivity index (χ0v) is 14.0. The normalized spacial score (nSPS) is 29.1. The molecular formula is C19H24N2O3. The number of nitrogens with one attached hydrogen (secondary N) is 1. The molecule has 24 heavy (non-hydrogen) atoms. The number of furan rings is 1. The molecule has 2 bridgehead atoms. The molecule has 0 saturated carbocycles. The molecule has 0 radical (unpaired) electrons. The lowest BCUT2D eigenvalue weighted by Crippen LogP contribution is -2.63. The van der Waals surface area contributed by atoms with E-state index in [1.54, 1.807) is 0 Å². The first kappa shape index (κ1) is 15.7. The van der Waals surface area contributed by atoms with E-state index in [1.165, 1.54) is 11.8 Å². The van der Waals surface area contributed by atoms with Crippen molar-refractivity contribution in [2.45, 2.75) is 31.8 Å². The third kappa shape index (κ3) is 2.62. The Hall–Kier alpha value is -1.85. The van der Waals surface area contributed by atoms with E-state index in [1.807, 2.05) is 18.2 Å². The Kier molecular flexibility index (Phi) is 3.85. The SMILES string of the molecule is CCc1ccc2occ(C(=O)NC[C@@]3(O)CN4CCC3CC4)c2c1. The molecule has 0 aliphatic carbocycles. The van der Waals surface area contributed by atoms with Gasteiger partial charge >= 0.3 is 0 Å². The zero-order valence-electron chi connectivity index (χ0n) is 14.0. The Morgan fingerprint density at radius 2 is 2.21 bits per heavy atom. The van der Waals surface area contributed by atoms with Gasteiger partial charge in [0.25, 0.3) is 5.91 Å². The number of nitrogens with zero attached hydrogens (tertiary/aromatic N) is 1. The fourth-order valence-electron chi connectivity index (χ4n) is 4.15. The number of carbonyl (C=O) groups is 1. The first-order valence-corrected chi connectivity index (χ1v) is 8.82. The summed E-state index contributed by atoms with van der Waals surface area (Å²) in [6, 6.07) is 5.94. The van der Waals surface area contributed by atoms with Gasteiger partial charge in [-0.05, 0) is 56.0 Å². The van der Waals surface area contributed by atoms with Crippen molar-refractivity contribution < 1.29 is 14.3 Å². The number of hydrogen-bond acceptors (Lipinski definition) is 4. The summed E-state index contributed by atoms with van der Waals surface area (Å²) in [6.07, 6.45) is 4.46. The molecular weight excluding hydrogens is 304 g/mol. The highest BCUT2D eigenvalue weighted by molar-refractivity contribution is 6.06. The maximum atomic E-state index is 12.6. The first-order valence-electron chi connectivity index (χ1n) is 8.82. The van der Waals surface area contributed by atoms with Gasteiger partial charge in [-0.1, -0.05) is 13.0 Å². The molecule has 4 heterocycles. The van der Waals surface area contributed by atoms with Crippen LogP contribution in [0.4, 0.5) is 0 Å². The van der Waals surface area contributed by atoms with Crippen LogP contribution >= 0.6 is 0 Å². The van der Waals surface area contributed by atoms with E-state index in [2.05, 4.69) is 17.1 Å². The lowest BCUT2D eigenvalue weighted by molar-refractivity contribution is -0.108. The van der Waals surface area contributed by atoms with Gasteiger partial charge in [0.05, 0.1) is 11.2 Å². The quantitative estimate of drug-likeness (QED) is 0.903. The molecule has 3 saturated heterocycles. The summed E-state index contributed by atoms with van der Waals surface area (Å²) >= 11 is 0. The summed E-state index contributed by atoms with van der Waals surface area (Å²) in [5, 5.41) is 14.7. The van der Waals surface area contributed by atoms with Crippen LogP contribution in [-0.2, 0) is 6.42 Å². The summed E-state index contributed by atoms with van der Waals surface area (Å²) < 4.78 is 5.50. The second kappa shape index (κ2) is 5.90. The minimum Gasteiger partial charge on any atom is -0.463 e. The number of aryl methyl sites for hydroxylation is 1. The van der Waals surface area contributed by atoms with Crippen LogP contribution in [0.2, 0.25) is 0 Å². The van der Waals surface area contributed by atoms with Gasteiger partial charge in [-0.25, -0.2) is 0 Å². The van der Waals surface area contributed by atoms with E-state index in [4.69, 9.17) is 4.42 Å². The van der Waals surface area contributed by atoms with Crippen molar-refractivity contribution in [1.29, 1.82) is 0 Å². The van der Waals surface area contributed by atoms with Crippen LogP contribution in [0.5, 0.6) is 0 Å². The minimum absolute atomic E-state index is 0.174. The van der Waals surface area contributed by atoms with Crippen molar-refractivity contribution in [3.05, 3.63) is 35.6 Å². The molecule has 5 nitrogen and oxygen atoms in total. The maximum Gasteiger partial charge on any atom is 0.255 e. The highest BCUT2D eigenvalue weighted by Crippen LogP contribution is 2.35. The summed E-state index contributed by atoms with van der Waals surface area (Å²) in [5.41, 5.74) is 1.64. The number of aliphatic hydroxyl groups is 1. The molecule has 0 unspecified atom stereocenters. The molecule has 5 rings (SSSR count). The Morgan fingerprint density at radius 3 is 2.88 bits per heavy atom. The maximum absolute atomic E-state index is 12.6. The number of benzene rings is 1. The van der Waals surface area contributed by atoms with E-state index in [-0.39, 0.29) is 11.8 Å². The molecule has 3 aliphatic heterocycles. The molecule has 1 amide bonds. The van der Waals surface area contributed by atoms with Crippen molar-refractivity contribution in [3.63, 3.8) is 0 Å². The molecule has 1 aromatic carbocycles. The fourth-order valence-corrected chi connectivity index (χ4v) is 4.15. The summed E-state index contributed by atoms with van der Waals surface area (Å²) in [7, 11) is 0. The second-order valence-corrected chi connectivity index (χ2v) is 7.17. The van der Waals surface area contributed by atoms with Crippen molar-refractivity contribution >= 4 is 16.9 Å². The number of rotatable bonds is 4. The van der Waals surface area contributed by atoms with Crippen LogP contribution < -0.4 is 5.32 Å². The third-order valence-corrected chi connectivity index (χ3v) is 5.69. The lowest BCUT2D eigenvalue weighted by Gasteiger charge is -2.50. The Morgan fingerprint density at radius 1 is 1.42 bits per heavy atom. The van der Waals surface area contributed by atoms with Gasteiger partial charge in [0, 0.05) is 18.5 Å². The minimum atomic E-state index is -0.805. The van der Waals surface area contributed by atoms with E-state index in [0.29, 0.717) is 18.7 Å². The van der Waals surface area contributed by atoms with Crippen LogP contribution in [0, 0.1) is 5.92 Å².